The van der Waals surface area contributed by atoms with Gasteiger partial charge in [0.05, 0.1) is 20.3 Å². The average Bonchev–Trinajstić information content (AvgIpc) is 3.56. The summed E-state index contributed by atoms with van der Waals surface area (Å²) in [6.07, 6.45) is -1.20. The molecule has 2 aromatic rings. The van der Waals surface area contributed by atoms with E-state index in [0.717, 1.165) is 12.5 Å². The molecule has 4 N–H and O–H groups in total. The predicted molar refractivity (Wildman–Crippen MR) is 147 cm³/mol. The van der Waals surface area contributed by atoms with Gasteiger partial charge in [-0.2, -0.15) is 0 Å². The van der Waals surface area contributed by atoms with Crippen LogP contribution in [-0.2, 0) is 28.6 Å². The molecule has 3 amide bonds. The van der Waals surface area contributed by atoms with E-state index >= 15 is 0 Å². The molecule has 2 heterocycles. The number of fused-ring (bicyclic) bond motifs is 1. The predicted octanol–water partition coefficient (Wildman–Crippen LogP) is 2.05. The van der Waals surface area contributed by atoms with Gasteiger partial charge in [-0.3, -0.25) is 19.2 Å². The highest BCUT2D eigenvalue weighted by molar-refractivity contribution is 6.02. The second-order valence-corrected chi connectivity index (χ2v) is 10.3. The SMILES string of the molecule is COC(=O)O[C@H](C)OCC(=O)[C@H](C[C@@H]1CCNC1=O)NC(=O)[C@H](CC(C)C)NC(=O)c1cc2c(OC)cccc2[nH]1. The van der Waals surface area contributed by atoms with Crippen LogP contribution >= 0.6 is 0 Å². The van der Waals surface area contributed by atoms with Gasteiger partial charge in [0.25, 0.3) is 5.91 Å². The van der Waals surface area contributed by atoms with E-state index in [-0.39, 0.29) is 23.9 Å². The molecule has 4 atom stereocenters. The van der Waals surface area contributed by atoms with Crippen molar-refractivity contribution in [2.45, 2.75) is 58.4 Å². The number of amides is 3. The van der Waals surface area contributed by atoms with Crippen molar-refractivity contribution < 1.29 is 42.9 Å². The van der Waals surface area contributed by atoms with Crippen molar-refractivity contribution >= 4 is 40.6 Å². The number of H-pyrrole nitrogens is 1. The third kappa shape index (κ3) is 8.68. The van der Waals surface area contributed by atoms with Crippen LogP contribution in [0.5, 0.6) is 5.75 Å². The molecule has 1 aromatic carbocycles. The molecule has 0 saturated carbocycles. The Morgan fingerprint density at radius 3 is 2.46 bits per heavy atom. The van der Waals surface area contributed by atoms with E-state index in [1.807, 2.05) is 19.9 Å². The molecule has 1 aliphatic heterocycles. The van der Waals surface area contributed by atoms with Crippen LogP contribution in [0.3, 0.4) is 0 Å². The quantitative estimate of drug-likeness (QED) is 0.194. The lowest BCUT2D eigenvalue weighted by Crippen LogP contribution is -2.53. The highest BCUT2D eigenvalue weighted by Gasteiger charge is 2.33. The first kappa shape index (κ1) is 31.4. The van der Waals surface area contributed by atoms with Gasteiger partial charge in [0, 0.05) is 23.4 Å². The number of hydrogen-bond acceptors (Lipinski definition) is 9. The molecule has 3 rings (SSSR count). The molecule has 0 bridgehead atoms. The summed E-state index contributed by atoms with van der Waals surface area (Å²) >= 11 is 0. The molecule has 1 saturated heterocycles. The first-order chi connectivity index (χ1) is 19.5. The van der Waals surface area contributed by atoms with Crippen molar-refractivity contribution in [3.63, 3.8) is 0 Å². The molecule has 0 unspecified atom stereocenters. The number of nitrogens with one attached hydrogen (secondary N) is 4. The monoisotopic (exact) mass is 574 g/mol. The molecule has 13 heteroatoms. The number of hydrogen-bond donors (Lipinski definition) is 4. The number of ketones is 1. The van der Waals surface area contributed by atoms with Gasteiger partial charge >= 0.3 is 6.16 Å². The van der Waals surface area contributed by atoms with Gasteiger partial charge in [0.15, 0.2) is 5.78 Å². The van der Waals surface area contributed by atoms with Gasteiger partial charge < -0.3 is 39.9 Å². The van der Waals surface area contributed by atoms with E-state index in [4.69, 9.17) is 14.2 Å². The Hall–Kier alpha value is -4.13. The lowest BCUT2D eigenvalue weighted by molar-refractivity contribution is -0.144. The molecule has 1 aliphatic rings. The Bertz CT molecular complexity index is 1260. The maximum Gasteiger partial charge on any atom is 0.510 e. The normalized spacial score (nSPS) is 16.9. The number of aromatic nitrogens is 1. The van der Waals surface area contributed by atoms with Crippen LogP contribution in [0.15, 0.2) is 24.3 Å². The molecule has 0 aliphatic carbocycles. The molecule has 0 radical (unpaired) electrons. The Morgan fingerprint density at radius 1 is 1.07 bits per heavy atom. The van der Waals surface area contributed by atoms with Gasteiger partial charge in [-0.25, -0.2) is 4.79 Å². The molecule has 13 nitrogen and oxygen atoms in total. The summed E-state index contributed by atoms with van der Waals surface area (Å²) < 4.78 is 19.9. The highest BCUT2D eigenvalue weighted by Crippen LogP contribution is 2.26. The summed E-state index contributed by atoms with van der Waals surface area (Å²) in [5.74, 6) is -1.65. The number of aromatic amines is 1. The van der Waals surface area contributed by atoms with Crippen LogP contribution < -0.4 is 20.7 Å². The van der Waals surface area contributed by atoms with Gasteiger partial charge in [0.1, 0.15) is 24.1 Å². The van der Waals surface area contributed by atoms with E-state index in [2.05, 4.69) is 25.7 Å². The second-order valence-electron chi connectivity index (χ2n) is 10.3. The minimum Gasteiger partial charge on any atom is -0.496 e. The van der Waals surface area contributed by atoms with Crippen molar-refractivity contribution in [3.8, 4) is 5.75 Å². The van der Waals surface area contributed by atoms with E-state index in [1.54, 1.807) is 18.2 Å². The Balaban J connectivity index is 1.74. The van der Waals surface area contributed by atoms with Crippen LogP contribution in [0.25, 0.3) is 10.9 Å². The van der Waals surface area contributed by atoms with Crippen molar-refractivity contribution in [1.29, 1.82) is 0 Å². The van der Waals surface area contributed by atoms with Crippen molar-refractivity contribution in [3.05, 3.63) is 30.0 Å². The Kier molecular flexibility index (Phi) is 11.1. The first-order valence-electron chi connectivity index (χ1n) is 13.5. The van der Waals surface area contributed by atoms with Gasteiger partial charge in [-0.05, 0) is 50.3 Å². The second kappa shape index (κ2) is 14.5. The van der Waals surface area contributed by atoms with E-state index in [0.29, 0.717) is 30.7 Å². The molecular formula is C28H38N4O9. The molecule has 41 heavy (non-hydrogen) atoms. The summed E-state index contributed by atoms with van der Waals surface area (Å²) in [5, 5.41) is 8.93. The lowest BCUT2D eigenvalue weighted by Gasteiger charge is -2.25. The fraction of sp³-hybridized carbons (Fsp3) is 0.536. The summed E-state index contributed by atoms with van der Waals surface area (Å²) in [6, 6.07) is 4.98. The summed E-state index contributed by atoms with van der Waals surface area (Å²) in [4.78, 5) is 66.4. The standard InChI is InChI=1S/C28H38N4O9/c1-15(2)11-21(32-27(36)22-13-18-19(30-22)7-6-8-24(18)38-4)26(35)31-20(12-17-9-10-29-25(17)34)23(33)14-40-16(3)41-28(37)39-5/h6-8,13,15-17,20-21,30H,9-12,14H2,1-5H3,(H,29,34)(H,31,35)(H,32,36)/t16-,17+,20+,21+/m1/s1. The third-order valence-corrected chi connectivity index (χ3v) is 6.69. The fourth-order valence-corrected chi connectivity index (χ4v) is 4.58. The van der Waals surface area contributed by atoms with Crippen LogP contribution in [-0.4, -0.2) is 80.4 Å². The number of methoxy groups -OCH3 is 2. The maximum atomic E-state index is 13.5. The molecular weight excluding hydrogens is 536 g/mol. The number of ether oxygens (including phenoxy) is 4. The number of carbonyl (C=O) groups excluding carboxylic acids is 5. The highest BCUT2D eigenvalue weighted by atomic mass is 16.8. The van der Waals surface area contributed by atoms with Crippen LogP contribution in [0.1, 0.15) is 50.5 Å². The van der Waals surface area contributed by atoms with Crippen molar-refractivity contribution in [2.75, 3.05) is 27.4 Å². The number of Topliss-reactive ketones (excluding diaryl/α,β-unsaturated/α-hetero) is 1. The summed E-state index contributed by atoms with van der Waals surface area (Å²) in [6.45, 7) is 5.20. The molecule has 1 aromatic heterocycles. The van der Waals surface area contributed by atoms with E-state index < -0.39 is 54.7 Å². The smallest absolute Gasteiger partial charge is 0.496 e. The lowest BCUT2D eigenvalue weighted by atomic mass is 9.95. The zero-order chi connectivity index (χ0) is 30.1. The van der Waals surface area contributed by atoms with Crippen LogP contribution in [0, 0.1) is 11.8 Å². The number of benzene rings is 1. The molecule has 224 valence electrons. The first-order valence-corrected chi connectivity index (χ1v) is 13.5. The Morgan fingerprint density at radius 2 is 1.83 bits per heavy atom. The molecule has 1 fully saturated rings. The third-order valence-electron chi connectivity index (χ3n) is 6.69. The van der Waals surface area contributed by atoms with Crippen LogP contribution in [0.4, 0.5) is 4.79 Å². The largest absolute Gasteiger partial charge is 0.510 e. The minimum atomic E-state index is -1.08. The zero-order valence-corrected chi connectivity index (χ0v) is 23.9. The minimum absolute atomic E-state index is 0.0308. The van der Waals surface area contributed by atoms with E-state index in [1.165, 1.54) is 14.0 Å². The van der Waals surface area contributed by atoms with Gasteiger partial charge in [-0.1, -0.05) is 19.9 Å². The fourth-order valence-electron chi connectivity index (χ4n) is 4.58. The zero-order valence-electron chi connectivity index (χ0n) is 23.9. The Labute approximate surface area is 238 Å². The van der Waals surface area contributed by atoms with E-state index in [9.17, 15) is 24.0 Å². The van der Waals surface area contributed by atoms with Gasteiger partial charge in [0.2, 0.25) is 18.1 Å². The average molecular weight is 575 g/mol. The number of carbonyl (C=O) groups is 5. The van der Waals surface area contributed by atoms with Crippen LogP contribution in [0.2, 0.25) is 0 Å². The summed E-state index contributed by atoms with van der Waals surface area (Å²) in [7, 11) is 2.68. The molecule has 0 spiro atoms. The summed E-state index contributed by atoms with van der Waals surface area (Å²) in [5.41, 5.74) is 0.944. The van der Waals surface area contributed by atoms with Gasteiger partial charge in [-0.15, -0.1) is 0 Å². The van der Waals surface area contributed by atoms with Crippen molar-refractivity contribution in [1.82, 2.24) is 20.9 Å². The number of rotatable bonds is 14. The topological polar surface area (TPSA) is 174 Å². The van der Waals surface area contributed by atoms with Crippen molar-refractivity contribution in [2.24, 2.45) is 11.8 Å². The maximum absolute atomic E-state index is 13.5.